The Morgan fingerprint density at radius 1 is 1.38 bits per heavy atom. The van der Waals surface area contributed by atoms with Crippen molar-refractivity contribution in [3.63, 3.8) is 0 Å². The number of hydrogen-bond donors (Lipinski definition) is 1. The van der Waals surface area contributed by atoms with E-state index >= 15 is 0 Å². The molecular formula is C14H25NO. The van der Waals surface area contributed by atoms with E-state index in [4.69, 9.17) is 0 Å². The molecule has 2 saturated carbocycles. The summed E-state index contributed by atoms with van der Waals surface area (Å²) in [6, 6.07) is 0.417. The summed E-state index contributed by atoms with van der Waals surface area (Å²) in [5.41, 5.74) is 0.720. The second-order valence-corrected chi connectivity index (χ2v) is 6.48. The Balaban J connectivity index is 2.07. The lowest BCUT2D eigenvalue weighted by Gasteiger charge is -2.39. The van der Waals surface area contributed by atoms with Gasteiger partial charge in [0.1, 0.15) is 0 Å². The van der Waals surface area contributed by atoms with Crippen molar-refractivity contribution in [3.8, 4) is 0 Å². The van der Waals surface area contributed by atoms with Gasteiger partial charge in [0.05, 0.1) is 0 Å². The molecule has 0 heterocycles. The van der Waals surface area contributed by atoms with E-state index in [1.165, 1.54) is 19.3 Å². The fraction of sp³-hybridized carbons (Fsp3) is 0.929. The molecule has 1 N–H and O–H groups in total. The van der Waals surface area contributed by atoms with Crippen LogP contribution in [0.1, 0.15) is 59.8 Å². The van der Waals surface area contributed by atoms with Crippen molar-refractivity contribution in [1.29, 1.82) is 0 Å². The third-order valence-electron chi connectivity index (χ3n) is 5.61. The molecule has 2 fully saturated rings. The molecule has 92 valence electrons. The lowest BCUT2D eigenvalue weighted by molar-refractivity contribution is -0.122. The Hall–Kier alpha value is -0.530. The number of carbonyl (C=O) groups is 1. The van der Waals surface area contributed by atoms with Crippen LogP contribution in [0.2, 0.25) is 0 Å². The molecule has 0 unspecified atom stereocenters. The highest BCUT2D eigenvalue weighted by atomic mass is 16.1. The Morgan fingerprint density at radius 2 is 2.06 bits per heavy atom. The molecule has 0 aromatic heterocycles. The maximum atomic E-state index is 11.7. The topological polar surface area (TPSA) is 29.1 Å². The average molecular weight is 223 g/mol. The molecule has 0 radical (unpaired) electrons. The van der Waals surface area contributed by atoms with Crippen LogP contribution in [0, 0.1) is 16.7 Å². The molecule has 2 aliphatic rings. The van der Waals surface area contributed by atoms with Crippen LogP contribution < -0.4 is 5.32 Å². The van der Waals surface area contributed by atoms with Crippen molar-refractivity contribution in [2.75, 3.05) is 0 Å². The van der Waals surface area contributed by atoms with Crippen molar-refractivity contribution in [2.45, 2.75) is 65.8 Å². The Bertz CT molecular complexity index is 297. The highest BCUT2D eigenvalue weighted by Gasteiger charge is 2.61. The predicted molar refractivity (Wildman–Crippen MR) is 66.1 cm³/mol. The molecule has 0 saturated heterocycles. The highest BCUT2D eigenvalue weighted by Crippen LogP contribution is 2.65. The zero-order chi connectivity index (χ0) is 12.0. The molecule has 2 rings (SSSR count). The molecule has 2 bridgehead atoms. The number of amides is 1. The van der Waals surface area contributed by atoms with Crippen LogP contribution in [0.25, 0.3) is 0 Å². The van der Waals surface area contributed by atoms with Gasteiger partial charge in [0.25, 0.3) is 0 Å². The summed E-state index contributed by atoms with van der Waals surface area (Å²) in [6.07, 6.45) is 5.45. The molecule has 2 nitrogen and oxygen atoms in total. The molecule has 2 aliphatic carbocycles. The summed E-state index contributed by atoms with van der Waals surface area (Å²) in [6.45, 7) is 9.20. The lowest BCUT2D eigenvalue weighted by atomic mass is 9.69. The molecule has 0 spiro atoms. The summed E-state index contributed by atoms with van der Waals surface area (Å²) < 4.78 is 0. The largest absolute Gasteiger partial charge is 0.353 e. The monoisotopic (exact) mass is 223 g/mol. The van der Waals surface area contributed by atoms with Crippen LogP contribution in [0.15, 0.2) is 0 Å². The van der Waals surface area contributed by atoms with Gasteiger partial charge in [0, 0.05) is 12.5 Å². The van der Waals surface area contributed by atoms with E-state index in [1.54, 1.807) is 0 Å². The fourth-order valence-corrected chi connectivity index (χ4v) is 3.92. The van der Waals surface area contributed by atoms with E-state index in [0.29, 0.717) is 23.3 Å². The van der Waals surface area contributed by atoms with E-state index in [9.17, 15) is 4.79 Å². The number of fused-ring (bicyclic) bond motifs is 2. The zero-order valence-electron chi connectivity index (χ0n) is 11.1. The number of nitrogens with one attached hydrogen (secondary N) is 1. The van der Waals surface area contributed by atoms with Gasteiger partial charge in [-0.25, -0.2) is 0 Å². The minimum atomic E-state index is 0.247. The van der Waals surface area contributed by atoms with Crippen LogP contribution in [0.3, 0.4) is 0 Å². The second kappa shape index (κ2) is 3.75. The van der Waals surface area contributed by atoms with Gasteiger partial charge in [-0.2, -0.15) is 0 Å². The molecule has 0 aromatic rings. The van der Waals surface area contributed by atoms with Gasteiger partial charge in [0.15, 0.2) is 0 Å². The first-order valence-corrected chi connectivity index (χ1v) is 6.71. The average Bonchev–Trinajstić information content (AvgIpc) is 2.51. The minimum absolute atomic E-state index is 0.247. The fourth-order valence-electron chi connectivity index (χ4n) is 3.92. The van der Waals surface area contributed by atoms with Gasteiger partial charge in [-0.05, 0) is 42.4 Å². The van der Waals surface area contributed by atoms with E-state index in [1.807, 2.05) is 0 Å². The first-order valence-electron chi connectivity index (χ1n) is 6.71. The van der Waals surface area contributed by atoms with E-state index in [-0.39, 0.29) is 5.91 Å². The molecule has 1 amide bonds. The Morgan fingerprint density at radius 3 is 2.50 bits per heavy atom. The summed E-state index contributed by atoms with van der Waals surface area (Å²) in [4.78, 5) is 11.7. The van der Waals surface area contributed by atoms with Gasteiger partial charge in [-0.3, -0.25) is 4.79 Å². The second-order valence-electron chi connectivity index (χ2n) is 6.48. The minimum Gasteiger partial charge on any atom is -0.353 e. The van der Waals surface area contributed by atoms with Crippen molar-refractivity contribution in [2.24, 2.45) is 16.7 Å². The van der Waals surface area contributed by atoms with Crippen molar-refractivity contribution in [1.82, 2.24) is 5.32 Å². The van der Waals surface area contributed by atoms with Gasteiger partial charge in [-0.15, -0.1) is 0 Å². The van der Waals surface area contributed by atoms with Gasteiger partial charge in [0.2, 0.25) is 5.91 Å². The van der Waals surface area contributed by atoms with Crippen molar-refractivity contribution < 1.29 is 4.79 Å². The third kappa shape index (κ3) is 1.49. The first-order chi connectivity index (χ1) is 7.41. The quantitative estimate of drug-likeness (QED) is 0.782. The Labute approximate surface area is 99.2 Å². The van der Waals surface area contributed by atoms with Crippen LogP contribution in [0.4, 0.5) is 0 Å². The number of carbonyl (C=O) groups excluding carboxylic acids is 1. The number of hydrogen-bond acceptors (Lipinski definition) is 1. The van der Waals surface area contributed by atoms with Crippen molar-refractivity contribution in [3.05, 3.63) is 0 Å². The zero-order valence-corrected chi connectivity index (χ0v) is 11.1. The van der Waals surface area contributed by atoms with Crippen LogP contribution in [-0.2, 0) is 4.79 Å². The van der Waals surface area contributed by atoms with Crippen LogP contribution in [0.5, 0.6) is 0 Å². The van der Waals surface area contributed by atoms with Crippen LogP contribution >= 0.6 is 0 Å². The lowest BCUT2D eigenvalue weighted by Crippen LogP contribution is -2.46. The maximum Gasteiger partial charge on any atom is 0.220 e. The first kappa shape index (κ1) is 11.9. The molecule has 0 aromatic carbocycles. The van der Waals surface area contributed by atoms with Crippen molar-refractivity contribution >= 4 is 5.91 Å². The SMILES string of the molecule is CCCC(=O)N[C@@H]1C[C@@H]2CC[C@]1(C)C2(C)C. The summed E-state index contributed by atoms with van der Waals surface area (Å²) in [5.74, 6) is 1.06. The highest BCUT2D eigenvalue weighted by molar-refractivity contribution is 5.76. The smallest absolute Gasteiger partial charge is 0.220 e. The maximum absolute atomic E-state index is 11.7. The summed E-state index contributed by atoms with van der Waals surface area (Å²) in [5, 5.41) is 3.27. The standard InChI is InChI=1S/C14H25NO/c1-5-6-12(16)15-11-9-10-7-8-14(11,4)13(10,2)3/h10-11H,5-9H2,1-4H3,(H,15,16)/t10-,11+,14-/m0/s1. The van der Waals surface area contributed by atoms with Crippen LogP contribution in [-0.4, -0.2) is 11.9 Å². The Kier molecular flexibility index (Phi) is 2.80. The van der Waals surface area contributed by atoms with E-state index < -0.39 is 0 Å². The molecule has 2 heteroatoms. The van der Waals surface area contributed by atoms with Gasteiger partial charge >= 0.3 is 0 Å². The van der Waals surface area contributed by atoms with Gasteiger partial charge in [-0.1, -0.05) is 27.7 Å². The van der Waals surface area contributed by atoms with E-state index in [2.05, 4.69) is 33.0 Å². The predicted octanol–water partition coefficient (Wildman–Crippen LogP) is 3.12. The molecule has 16 heavy (non-hydrogen) atoms. The summed E-state index contributed by atoms with van der Waals surface area (Å²) >= 11 is 0. The molecular weight excluding hydrogens is 198 g/mol. The molecule has 0 aliphatic heterocycles. The number of rotatable bonds is 3. The van der Waals surface area contributed by atoms with E-state index in [0.717, 1.165) is 12.3 Å². The summed E-state index contributed by atoms with van der Waals surface area (Å²) in [7, 11) is 0. The normalized spacial score (nSPS) is 40.0. The van der Waals surface area contributed by atoms with Gasteiger partial charge < -0.3 is 5.32 Å². The third-order valence-corrected chi connectivity index (χ3v) is 5.61. The molecule has 3 atom stereocenters.